The molecular weight excluding hydrogens is 289 g/mol. The van der Waals surface area contributed by atoms with Crippen LogP contribution in [0, 0.1) is 0 Å². The van der Waals surface area contributed by atoms with E-state index < -0.39 is 17.4 Å². The molecule has 0 amide bonds. The zero-order valence-corrected chi connectivity index (χ0v) is 11.7. The van der Waals surface area contributed by atoms with Crippen LogP contribution in [0.2, 0.25) is 0 Å². The van der Waals surface area contributed by atoms with Crippen molar-refractivity contribution in [1.82, 2.24) is 0 Å². The largest absolute Gasteiger partial charge is 0.416 e. The van der Waals surface area contributed by atoms with Crippen LogP contribution in [0.1, 0.15) is 37.3 Å². The third-order valence-corrected chi connectivity index (χ3v) is 3.18. The standard InChI is InChI=1S/C14H14ClF3N2/c1-2-4-11-8-12(20-13(15)19-11)9-5-3-6-10(7-9)14(16,17)18/h3,5-7,13H,2,4,8H2,1H3. The number of nitrogens with zero attached hydrogens (tertiary/aromatic N) is 2. The van der Waals surface area contributed by atoms with Gasteiger partial charge in [-0.05, 0) is 24.1 Å². The maximum atomic E-state index is 12.7. The lowest BCUT2D eigenvalue weighted by atomic mass is 9.99. The summed E-state index contributed by atoms with van der Waals surface area (Å²) in [5.74, 6) is 0. The van der Waals surface area contributed by atoms with Gasteiger partial charge >= 0.3 is 6.18 Å². The van der Waals surface area contributed by atoms with Crippen LogP contribution in [0.4, 0.5) is 13.2 Å². The van der Waals surface area contributed by atoms with Crippen LogP contribution in [-0.2, 0) is 6.18 Å². The Morgan fingerprint density at radius 3 is 2.70 bits per heavy atom. The zero-order valence-electron chi connectivity index (χ0n) is 10.9. The van der Waals surface area contributed by atoms with Gasteiger partial charge in [0.05, 0.1) is 11.3 Å². The number of benzene rings is 1. The van der Waals surface area contributed by atoms with Crippen LogP contribution in [-0.4, -0.2) is 17.0 Å². The molecule has 0 saturated carbocycles. The highest BCUT2D eigenvalue weighted by atomic mass is 35.5. The Hall–Kier alpha value is -1.36. The first-order valence-electron chi connectivity index (χ1n) is 6.34. The van der Waals surface area contributed by atoms with E-state index in [0.29, 0.717) is 17.7 Å². The molecule has 0 radical (unpaired) electrons. The van der Waals surface area contributed by atoms with Gasteiger partial charge in [0.1, 0.15) is 0 Å². The van der Waals surface area contributed by atoms with Crippen LogP contribution in [0.3, 0.4) is 0 Å². The van der Waals surface area contributed by atoms with E-state index in [4.69, 9.17) is 11.6 Å². The van der Waals surface area contributed by atoms with Gasteiger partial charge in [0, 0.05) is 12.1 Å². The van der Waals surface area contributed by atoms with E-state index in [-0.39, 0.29) is 0 Å². The molecule has 0 aliphatic carbocycles. The van der Waals surface area contributed by atoms with Crippen molar-refractivity contribution in [2.24, 2.45) is 9.98 Å². The number of rotatable bonds is 3. The molecule has 0 aromatic heterocycles. The number of aliphatic imine (C=N–C) groups is 2. The predicted molar refractivity (Wildman–Crippen MR) is 74.6 cm³/mol. The van der Waals surface area contributed by atoms with E-state index >= 15 is 0 Å². The summed E-state index contributed by atoms with van der Waals surface area (Å²) in [6.45, 7) is 2.02. The Morgan fingerprint density at radius 1 is 1.30 bits per heavy atom. The quantitative estimate of drug-likeness (QED) is 0.573. The summed E-state index contributed by atoms with van der Waals surface area (Å²) >= 11 is 5.92. The normalized spacial score (nSPS) is 19.6. The monoisotopic (exact) mass is 302 g/mol. The van der Waals surface area contributed by atoms with E-state index in [0.717, 1.165) is 30.7 Å². The highest BCUT2D eigenvalue weighted by Gasteiger charge is 2.31. The van der Waals surface area contributed by atoms with Crippen LogP contribution in [0.5, 0.6) is 0 Å². The maximum Gasteiger partial charge on any atom is 0.416 e. The van der Waals surface area contributed by atoms with Gasteiger partial charge in [-0.25, -0.2) is 4.99 Å². The fourth-order valence-corrected chi connectivity index (χ4v) is 2.34. The van der Waals surface area contributed by atoms with E-state index in [2.05, 4.69) is 9.98 Å². The van der Waals surface area contributed by atoms with Crippen molar-refractivity contribution in [3.8, 4) is 0 Å². The van der Waals surface area contributed by atoms with Crippen molar-refractivity contribution in [2.45, 2.75) is 38.0 Å². The molecule has 6 heteroatoms. The smallest absolute Gasteiger partial charge is 0.252 e. The van der Waals surface area contributed by atoms with E-state index in [1.54, 1.807) is 6.07 Å². The first-order valence-corrected chi connectivity index (χ1v) is 6.77. The molecular formula is C14H14ClF3N2. The van der Waals surface area contributed by atoms with E-state index in [1.165, 1.54) is 6.07 Å². The molecule has 2 rings (SSSR count). The first-order chi connectivity index (χ1) is 9.40. The Kier molecular flexibility index (Phi) is 4.48. The maximum absolute atomic E-state index is 12.7. The van der Waals surface area contributed by atoms with Gasteiger partial charge < -0.3 is 0 Å². The number of hydrogen-bond donors (Lipinski definition) is 0. The summed E-state index contributed by atoms with van der Waals surface area (Å²) in [4.78, 5) is 8.33. The molecule has 0 N–H and O–H groups in total. The lowest BCUT2D eigenvalue weighted by Gasteiger charge is -2.17. The molecule has 0 saturated heterocycles. The van der Waals surface area contributed by atoms with Crippen LogP contribution in [0.25, 0.3) is 0 Å². The second-order valence-corrected chi connectivity index (χ2v) is 4.98. The third kappa shape index (κ3) is 3.60. The second kappa shape index (κ2) is 5.95. The molecule has 1 aromatic carbocycles. The summed E-state index contributed by atoms with van der Waals surface area (Å²) in [7, 11) is 0. The van der Waals surface area contributed by atoms with Crippen LogP contribution in [0.15, 0.2) is 34.3 Å². The summed E-state index contributed by atoms with van der Waals surface area (Å²) in [5, 5.41) is 0. The van der Waals surface area contributed by atoms with Gasteiger partial charge in [-0.15, -0.1) is 0 Å². The molecule has 1 aliphatic rings. The average Bonchev–Trinajstić information content (AvgIpc) is 2.37. The Bertz CT molecular complexity index is 550. The second-order valence-electron chi connectivity index (χ2n) is 4.59. The molecule has 1 atom stereocenters. The summed E-state index contributed by atoms with van der Waals surface area (Å²) in [6.07, 6.45) is -2.20. The van der Waals surface area contributed by atoms with Crippen LogP contribution < -0.4 is 0 Å². The van der Waals surface area contributed by atoms with Crippen molar-refractivity contribution >= 4 is 23.0 Å². The Balaban J connectivity index is 2.28. The molecule has 1 aliphatic heterocycles. The molecule has 2 nitrogen and oxygen atoms in total. The van der Waals surface area contributed by atoms with Crippen LogP contribution >= 0.6 is 11.6 Å². The summed E-state index contributed by atoms with van der Waals surface area (Å²) in [6, 6.07) is 5.16. The molecule has 1 unspecified atom stereocenters. The Morgan fingerprint density at radius 2 is 2.05 bits per heavy atom. The third-order valence-electron chi connectivity index (χ3n) is 2.98. The molecule has 1 aromatic rings. The molecule has 1 heterocycles. The highest BCUT2D eigenvalue weighted by Crippen LogP contribution is 2.30. The van der Waals surface area contributed by atoms with Crippen molar-refractivity contribution in [3.63, 3.8) is 0 Å². The summed E-state index contributed by atoms with van der Waals surface area (Å²) < 4.78 is 38.2. The fraction of sp³-hybridized carbons (Fsp3) is 0.429. The van der Waals surface area contributed by atoms with Crippen molar-refractivity contribution in [1.29, 1.82) is 0 Å². The van der Waals surface area contributed by atoms with Gasteiger partial charge in [-0.1, -0.05) is 37.1 Å². The number of alkyl halides is 4. The number of halogens is 4. The molecule has 0 bridgehead atoms. The predicted octanol–water partition coefficient (Wildman–Crippen LogP) is 4.66. The summed E-state index contributed by atoms with van der Waals surface area (Å²) in [5.41, 5.74) is 0.483. The average molecular weight is 303 g/mol. The first kappa shape index (κ1) is 15.0. The van der Waals surface area contributed by atoms with Crippen molar-refractivity contribution in [2.75, 3.05) is 0 Å². The van der Waals surface area contributed by atoms with E-state index in [1.807, 2.05) is 6.92 Å². The van der Waals surface area contributed by atoms with Gasteiger partial charge in [0.25, 0.3) is 0 Å². The van der Waals surface area contributed by atoms with Crippen molar-refractivity contribution in [3.05, 3.63) is 35.4 Å². The van der Waals surface area contributed by atoms with E-state index in [9.17, 15) is 13.2 Å². The minimum absolute atomic E-state index is 0.453. The van der Waals surface area contributed by atoms with Gasteiger partial charge in [-0.2, -0.15) is 13.2 Å². The van der Waals surface area contributed by atoms with Crippen molar-refractivity contribution < 1.29 is 13.2 Å². The fourth-order valence-electron chi connectivity index (χ4n) is 2.09. The minimum Gasteiger partial charge on any atom is -0.252 e. The zero-order chi connectivity index (χ0) is 14.8. The highest BCUT2D eigenvalue weighted by molar-refractivity contribution is 6.24. The molecule has 0 spiro atoms. The molecule has 20 heavy (non-hydrogen) atoms. The van der Waals surface area contributed by atoms with Gasteiger partial charge in [-0.3, -0.25) is 4.99 Å². The molecule has 108 valence electrons. The lowest BCUT2D eigenvalue weighted by Crippen LogP contribution is -2.18. The SMILES string of the molecule is CCCC1=NC(Cl)N=C(c2cccc(C(F)(F)F)c2)C1. The molecule has 0 fully saturated rings. The number of hydrogen-bond acceptors (Lipinski definition) is 2. The van der Waals surface area contributed by atoms with Gasteiger partial charge in [0.2, 0.25) is 5.62 Å². The minimum atomic E-state index is -4.36. The topological polar surface area (TPSA) is 24.7 Å². The lowest BCUT2D eigenvalue weighted by molar-refractivity contribution is -0.137. The van der Waals surface area contributed by atoms with Gasteiger partial charge in [0.15, 0.2) is 0 Å². The Labute approximate surface area is 120 Å².